The van der Waals surface area contributed by atoms with Gasteiger partial charge in [-0.15, -0.1) is 0 Å². The fraction of sp³-hybridized carbons (Fsp3) is 0.435. The second kappa shape index (κ2) is 8.51. The molecule has 8 heteroatoms. The van der Waals surface area contributed by atoms with E-state index < -0.39 is 10.0 Å². The Morgan fingerprint density at radius 3 is 2.55 bits per heavy atom. The molecule has 1 saturated heterocycles. The Bertz CT molecular complexity index is 1090. The predicted molar refractivity (Wildman–Crippen MR) is 117 cm³/mol. The first-order chi connectivity index (χ1) is 14.8. The molecule has 0 unspecified atom stereocenters. The molecular formula is C23H28N2O5S. The summed E-state index contributed by atoms with van der Waals surface area (Å²) in [4.78, 5) is 13.2. The summed E-state index contributed by atoms with van der Waals surface area (Å²) in [5.41, 5.74) is 3.43. The van der Waals surface area contributed by atoms with E-state index in [9.17, 15) is 13.2 Å². The Morgan fingerprint density at radius 1 is 1.10 bits per heavy atom. The largest absolute Gasteiger partial charge is 0.454 e. The molecule has 31 heavy (non-hydrogen) atoms. The van der Waals surface area contributed by atoms with Gasteiger partial charge in [-0.1, -0.05) is 23.8 Å². The first-order valence-electron chi connectivity index (χ1n) is 10.5. The van der Waals surface area contributed by atoms with Crippen LogP contribution in [0.5, 0.6) is 11.5 Å². The van der Waals surface area contributed by atoms with Crippen LogP contribution >= 0.6 is 0 Å². The highest BCUT2D eigenvalue weighted by Gasteiger charge is 2.34. The van der Waals surface area contributed by atoms with E-state index in [1.807, 2.05) is 51.1 Å². The van der Waals surface area contributed by atoms with Crippen molar-refractivity contribution in [2.45, 2.75) is 45.1 Å². The maximum absolute atomic E-state index is 13.4. The molecule has 2 heterocycles. The summed E-state index contributed by atoms with van der Waals surface area (Å²) in [6.45, 7) is 6.80. The van der Waals surface area contributed by atoms with E-state index in [2.05, 4.69) is 5.32 Å². The summed E-state index contributed by atoms with van der Waals surface area (Å²) in [5, 5.41) is 2.95. The van der Waals surface area contributed by atoms with Crippen LogP contribution in [0, 0.1) is 26.7 Å². The number of carbonyl (C=O) groups excluding carboxylic acids is 1. The number of ether oxygens (including phenoxy) is 2. The number of fused-ring (bicyclic) bond motifs is 1. The first kappa shape index (κ1) is 21.6. The van der Waals surface area contributed by atoms with Gasteiger partial charge in [-0.3, -0.25) is 4.79 Å². The Morgan fingerprint density at radius 2 is 1.81 bits per heavy atom. The summed E-state index contributed by atoms with van der Waals surface area (Å²) >= 11 is 0. The molecule has 7 nitrogen and oxygen atoms in total. The molecule has 0 bridgehead atoms. The van der Waals surface area contributed by atoms with Crippen molar-refractivity contribution in [1.29, 1.82) is 0 Å². The average molecular weight is 445 g/mol. The van der Waals surface area contributed by atoms with Gasteiger partial charge in [-0.2, -0.15) is 4.31 Å². The molecule has 4 rings (SSSR count). The monoisotopic (exact) mass is 444 g/mol. The van der Waals surface area contributed by atoms with Gasteiger partial charge < -0.3 is 14.8 Å². The molecule has 166 valence electrons. The third-order valence-corrected chi connectivity index (χ3v) is 8.03. The molecule has 1 amide bonds. The van der Waals surface area contributed by atoms with Crippen LogP contribution in [0.3, 0.4) is 0 Å². The number of amides is 1. The maximum Gasteiger partial charge on any atom is 0.243 e. The van der Waals surface area contributed by atoms with Gasteiger partial charge in [0.05, 0.1) is 10.8 Å². The van der Waals surface area contributed by atoms with Crippen LogP contribution in [0.25, 0.3) is 0 Å². The highest BCUT2D eigenvalue weighted by Crippen LogP contribution is 2.32. The average Bonchev–Trinajstić information content (AvgIpc) is 3.19. The number of benzene rings is 2. The smallest absolute Gasteiger partial charge is 0.243 e. The predicted octanol–water partition coefficient (Wildman–Crippen LogP) is 3.06. The number of carbonyl (C=O) groups is 1. The van der Waals surface area contributed by atoms with E-state index in [1.54, 1.807) is 0 Å². The quantitative estimate of drug-likeness (QED) is 0.766. The topological polar surface area (TPSA) is 84.9 Å². The number of nitrogens with zero attached hydrogens (tertiary/aromatic N) is 1. The summed E-state index contributed by atoms with van der Waals surface area (Å²) in [7, 11) is -3.66. The number of rotatable bonds is 5. The van der Waals surface area contributed by atoms with Crippen LogP contribution in [-0.2, 0) is 21.4 Å². The van der Waals surface area contributed by atoms with E-state index in [1.165, 1.54) is 4.31 Å². The highest BCUT2D eigenvalue weighted by atomic mass is 32.2. The Hall–Kier alpha value is -2.58. The SMILES string of the molecule is Cc1cc(C)c(S(=O)(=O)N2CCC[C@@H](C(=O)NCc3ccc4c(c3)OCO4)C2)c(C)c1. The van der Waals surface area contributed by atoms with Crippen molar-refractivity contribution in [3.63, 3.8) is 0 Å². The third-order valence-electron chi connectivity index (χ3n) is 5.86. The van der Waals surface area contributed by atoms with Gasteiger partial charge in [0.1, 0.15) is 0 Å². The van der Waals surface area contributed by atoms with E-state index >= 15 is 0 Å². The number of aryl methyl sites for hydroxylation is 3. The molecule has 1 fully saturated rings. The number of hydrogen-bond acceptors (Lipinski definition) is 5. The standard InChI is InChI=1S/C23H28N2O5S/c1-15-9-16(2)22(17(3)10-15)31(27,28)25-8-4-5-19(13-25)23(26)24-12-18-6-7-20-21(11-18)30-14-29-20/h6-7,9-11,19H,4-5,8,12-14H2,1-3H3,(H,24,26)/t19-/m1/s1. The van der Waals surface area contributed by atoms with Gasteiger partial charge in [-0.25, -0.2) is 8.42 Å². The van der Waals surface area contributed by atoms with Gasteiger partial charge >= 0.3 is 0 Å². The second-order valence-corrected chi connectivity index (χ2v) is 10.2. The molecule has 2 aromatic carbocycles. The lowest BCUT2D eigenvalue weighted by Crippen LogP contribution is -2.45. The zero-order chi connectivity index (χ0) is 22.2. The van der Waals surface area contributed by atoms with Crippen molar-refractivity contribution in [2.24, 2.45) is 5.92 Å². The number of nitrogens with one attached hydrogen (secondary N) is 1. The maximum atomic E-state index is 13.4. The van der Waals surface area contributed by atoms with Crippen molar-refractivity contribution in [1.82, 2.24) is 9.62 Å². The van der Waals surface area contributed by atoms with Crippen LogP contribution < -0.4 is 14.8 Å². The van der Waals surface area contributed by atoms with Crippen molar-refractivity contribution < 1.29 is 22.7 Å². The van der Waals surface area contributed by atoms with Crippen LogP contribution in [0.1, 0.15) is 35.1 Å². The van der Waals surface area contributed by atoms with Crippen molar-refractivity contribution in [3.05, 3.63) is 52.6 Å². The van der Waals surface area contributed by atoms with Gasteiger partial charge in [-0.05, 0) is 62.4 Å². The zero-order valence-electron chi connectivity index (χ0n) is 18.1. The minimum absolute atomic E-state index is 0.130. The molecule has 1 atom stereocenters. The van der Waals surface area contributed by atoms with Crippen molar-refractivity contribution in [3.8, 4) is 11.5 Å². The fourth-order valence-electron chi connectivity index (χ4n) is 4.46. The van der Waals surface area contributed by atoms with E-state index in [4.69, 9.17) is 9.47 Å². The minimum atomic E-state index is -3.66. The zero-order valence-corrected chi connectivity index (χ0v) is 18.9. The second-order valence-electron chi connectivity index (χ2n) is 8.34. The first-order valence-corrected chi connectivity index (χ1v) is 11.9. The molecule has 0 aromatic heterocycles. The molecule has 0 aliphatic carbocycles. The summed E-state index contributed by atoms with van der Waals surface area (Å²) in [6.07, 6.45) is 1.33. The summed E-state index contributed by atoms with van der Waals surface area (Å²) < 4.78 is 38.9. The summed E-state index contributed by atoms with van der Waals surface area (Å²) in [6, 6.07) is 9.33. The van der Waals surface area contributed by atoms with Gasteiger partial charge in [0.2, 0.25) is 22.7 Å². The van der Waals surface area contributed by atoms with Crippen molar-refractivity contribution in [2.75, 3.05) is 19.9 Å². The fourth-order valence-corrected chi connectivity index (χ4v) is 6.40. The molecule has 2 aliphatic rings. The highest BCUT2D eigenvalue weighted by molar-refractivity contribution is 7.89. The lowest BCUT2D eigenvalue weighted by molar-refractivity contribution is -0.126. The van der Waals surface area contributed by atoms with E-state index in [0.717, 1.165) is 22.3 Å². The molecule has 1 N–H and O–H groups in total. The minimum Gasteiger partial charge on any atom is -0.454 e. The molecule has 0 radical (unpaired) electrons. The summed E-state index contributed by atoms with van der Waals surface area (Å²) in [5.74, 6) is 0.869. The Labute approximate surface area is 183 Å². The lowest BCUT2D eigenvalue weighted by Gasteiger charge is -2.32. The van der Waals surface area contributed by atoms with E-state index in [-0.39, 0.29) is 25.2 Å². The number of piperidine rings is 1. The molecular weight excluding hydrogens is 416 g/mol. The van der Waals surface area contributed by atoms with Gasteiger partial charge in [0.15, 0.2) is 11.5 Å². The third kappa shape index (κ3) is 4.41. The number of hydrogen-bond donors (Lipinski definition) is 1. The molecule has 0 spiro atoms. The molecule has 0 saturated carbocycles. The molecule has 2 aliphatic heterocycles. The molecule has 2 aromatic rings. The van der Waals surface area contributed by atoms with E-state index in [0.29, 0.717) is 42.3 Å². The Kier molecular flexibility index (Phi) is 5.94. The lowest BCUT2D eigenvalue weighted by atomic mass is 9.98. The van der Waals surface area contributed by atoms with Gasteiger partial charge in [0, 0.05) is 19.6 Å². The van der Waals surface area contributed by atoms with Crippen LogP contribution in [-0.4, -0.2) is 38.5 Å². The van der Waals surface area contributed by atoms with Crippen LogP contribution in [0.4, 0.5) is 0 Å². The normalized spacial score (nSPS) is 18.7. The van der Waals surface area contributed by atoms with Gasteiger partial charge in [0.25, 0.3) is 0 Å². The van der Waals surface area contributed by atoms with Crippen LogP contribution in [0.2, 0.25) is 0 Å². The number of sulfonamides is 1. The van der Waals surface area contributed by atoms with Crippen molar-refractivity contribution >= 4 is 15.9 Å². The Balaban J connectivity index is 1.44. The van der Waals surface area contributed by atoms with Crippen LogP contribution in [0.15, 0.2) is 35.2 Å².